The van der Waals surface area contributed by atoms with E-state index in [0.29, 0.717) is 31.7 Å². The van der Waals surface area contributed by atoms with Gasteiger partial charge in [-0.15, -0.1) is 0 Å². The van der Waals surface area contributed by atoms with E-state index in [9.17, 15) is 9.00 Å². The van der Waals surface area contributed by atoms with E-state index >= 15 is 0 Å². The monoisotopic (exact) mass is 347 g/mol. The largest absolute Gasteiger partial charge is 0.383 e. The number of amides is 1. The van der Waals surface area contributed by atoms with Gasteiger partial charge in [0.05, 0.1) is 17.4 Å². The van der Waals surface area contributed by atoms with Gasteiger partial charge in [-0.2, -0.15) is 0 Å². The summed E-state index contributed by atoms with van der Waals surface area (Å²) in [5, 5.41) is 2.74. The lowest BCUT2D eigenvalue weighted by Crippen LogP contribution is -2.26. The van der Waals surface area contributed by atoms with Gasteiger partial charge in [-0.3, -0.25) is 9.00 Å². The zero-order valence-electron chi connectivity index (χ0n) is 10.9. The summed E-state index contributed by atoms with van der Waals surface area (Å²) in [4.78, 5) is 12.2. The number of ether oxygens (including phenoxy) is 1. The van der Waals surface area contributed by atoms with Gasteiger partial charge in [0.25, 0.3) is 0 Å². The molecule has 4 nitrogen and oxygen atoms in total. The van der Waals surface area contributed by atoms with Gasteiger partial charge in [-0.05, 0) is 30.7 Å². The molecule has 1 rings (SSSR count). The summed E-state index contributed by atoms with van der Waals surface area (Å²) >= 11 is 3.33. The average molecular weight is 348 g/mol. The third-order valence-corrected chi connectivity index (χ3v) is 4.42. The van der Waals surface area contributed by atoms with Crippen molar-refractivity contribution < 1.29 is 13.7 Å². The molecule has 1 N–H and O–H groups in total. The average Bonchev–Trinajstić information content (AvgIpc) is 2.39. The van der Waals surface area contributed by atoms with Crippen LogP contribution in [0.5, 0.6) is 0 Å². The zero-order valence-corrected chi connectivity index (χ0v) is 13.3. The third-order valence-electron chi connectivity index (χ3n) is 2.44. The molecule has 0 saturated carbocycles. The number of methoxy groups -OCH3 is 1. The molecule has 0 spiro atoms. The number of carbonyl (C=O) groups excluding carboxylic acids is 1. The van der Waals surface area contributed by atoms with Crippen LogP contribution in [0.15, 0.2) is 33.6 Å². The van der Waals surface area contributed by atoms with Crippen LogP contribution in [0.1, 0.15) is 12.8 Å². The Morgan fingerprint density at radius 1 is 1.37 bits per heavy atom. The highest BCUT2D eigenvalue weighted by Crippen LogP contribution is 2.14. The lowest BCUT2D eigenvalue weighted by Gasteiger charge is -2.05. The number of benzene rings is 1. The molecule has 0 saturated heterocycles. The van der Waals surface area contributed by atoms with E-state index in [1.807, 2.05) is 24.3 Å². The molecule has 0 heterocycles. The van der Waals surface area contributed by atoms with E-state index in [2.05, 4.69) is 21.2 Å². The number of nitrogens with one attached hydrogen (secondary N) is 1. The van der Waals surface area contributed by atoms with Crippen LogP contribution in [0.4, 0.5) is 0 Å². The maximum Gasteiger partial charge on any atom is 0.220 e. The lowest BCUT2D eigenvalue weighted by molar-refractivity contribution is -0.121. The predicted molar refractivity (Wildman–Crippen MR) is 79.5 cm³/mol. The maximum absolute atomic E-state index is 11.9. The number of hydrogen-bond acceptors (Lipinski definition) is 3. The maximum atomic E-state index is 11.9. The minimum atomic E-state index is -1.04. The third kappa shape index (κ3) is 6.84. The zero-order chi connectivity index (χ0) is 14.1. The topological polar surface area (TPSA) is 55.4 Å². The summed E-state index contributed by atoms with van der Waals surface area (Å²) < 4.78 is 17.7. The van der Waals surface area contributed by atoms with Gasteiger partial charge >= 0.3 is 0 Å². The first-order valence-corrected chi connectivity index (χ1v) is 8.14. The van der Waals surface area contributed by atoms with Crippen molar-refractivity contribution in [3.8, 4) is 0 Å². The van der Waals surface area contributed by atoms with Gasteiger partial charge in [-0.25, -0.2) is 0 Å². The van der Waals surface area contributed by atoms with Gasteiger partial charge in [0.15, 0.2) is 0 Å². The molecule has 0 unspecified atom stereocenters. The van der Waals surface area contributed by atoms with Crippen LogP contribution >= 0.6 is 15.9 Å². The fraction of sp³-hybridized carbons (Fsp3) is 0.462. The van der Waals surface area contributed by atoms with Crippen LogP contribution in [0.3, 0.4) is 0 Å². The minimum Gasteiger partial charge on any atom is -0.383 e. The van der Waals surface area contributed by atoms with Gasteiger partial charge in [-0.1, -0.05) is 15.9 Å². The quantitative estimate of drug-likeness (QED) is 0.732. The molecule has 0 aliphatic carbocycles. The van der Waals surface area contributed by atoms with Crippen molar-refractivity contribution in [2.24, 2.45) is 0 Å². The Kier molecular flexibility index (Phi) is 7.93. The molecule has 19 heavy (non-hydrogen) atoms. The summed E-state index contributed by atoms with van der Waals surface area (Å²) in [6.07, 6.45) is 1.01. The van der Waals surface area contributed by atoms with Crippen LogP contribution in [0.2, 0.25) is 0 Å². The second-order valence-electron chi connectivity index (χ2n) is 3.95. The highest BCUT2D eigenvalue weighted by atomic mass is 79.9. The minimum absolute atomic E-state index is 0.0233. The van der Waals surface area contributed by atoms with Crippen LogP contribution in [0.25, 0.3) is 0 Å². The molecule has 0 radical (unpaired) electrons. The number of halogens is 1. The number of hydrogen-bond donors (Lipinski definition) is 1. The van der Waals surface area contributed by atoms with Gasteiger partial charge in [0, 0.05) is 35.2 Å². The molecule has 0 aliphatic rings. The molecule has 0 aromatic heterocycles. The van der Waals surface area contributed by atoms with Crippen molar-refractivity contribution in [1.82, 2.24) is 5.32 Å². The summed E-state index contributed by atoms with van der Waals surface area (Å²) in [5.41, 5.74) is 0. The van der Waals surface area contributed by atoms with Crippen molar-refractivity contribution in [2.45, 2.75) is 17.7 Å². The molecule has 6 heteroatoms. The van der Waals surface area contributed by atoms with E-state index in [0.717, 1.165) is 9.37 Å². The Balaban J connectivity index is 2.23. The van der Waals surface area contributed by atoms with Crippen molar-refractivity contribution in [3.63, 3.8) is 0 Å². The molecular formula is C13H18BrNO3S. The van der Waals surface area contributed by atoms with E-state index in [1.165, 1.54) is 0 Å². The molecule has 106 valence electrons. The van der Waals surface area contributed by atoms with Crippen molar-refractivity contribution >= 4 is 32.6 Å². The van der Waals surface area contributed by atoms with Crippen LogP contribution < -0.4 is 5.32 Å². The van der Waals surface area contributed by atoms with Gasteiger partial charge in [0.2, 0.25) is 5.91 Å². The van der Waals surface area contributed by atoms with E-state index in [-0.39, 0.29) is 5.91 Å². The Morgan fingerprint density at radius 3 is 2.68 bits per heavy atom. The molecule has 1 amide bonds. The molecule has 1 aromatic carbocycles. The normalized spacial score (nSPS) is 12.1. The summed E-state index contributed by atoms with van der Waals surface area (Å²) in [7, 11) is 0.550. The molecule has 0 aliphatic heterocycles. The second kappa shape index (κ2) is 9.23. The molecular weight excluding hydrogens is 330 g/mol. The fourth-order valence-corrected chi connectivity index (χ4v) is 2.80. The number of rotatable bonds is 8. The lowest BCUT2D eigenvalue weighted by atomic mass is 10.3. The molecule has 0 bridgehead atoms. The summed E-state index contributed by atoms with van der Waals surface area (Å²) in [5.74, 6) is 0.476. The highest BCUT2D eigenvalue weighted by molar-refractivity contribution is 9.10. The SMILES string of the molecule is COCCNC(=O)CCC[S@@](=O)c1ccc(Br)cc1. The van der Waals surface area contributed by atoms with Crippen molar-refractivity contribution in [2.75, 3.05) is 26.0 Å². The Hall–Kier alpha value is -0.720. The smallest absolute Gasteiger partial charge is 0.220 e. The van der Waals surface area contributed by atoms with Gasteiger partial charge < -0.3 is 10.1 Å². The van der Waals surface area contributed by atoms with Gasteiger partial charge in [0.1, 0.15) is 0 Å². The Labute approximate surface area is 124 Å². The number of carbonyl (C=O) groups is 1. The first-order chi connectivity index (χ1) is 9.13. The van der Waals surface area contributed by atoms with Crippen LogP contribution in [-0.4, -0.2) is 36.1 Å². The van der Waals surface area contributed by atoms with E-state index < -0.39 is 10.8 Å². The fourth-order valence-electron chi connectivity index (χ4n) is 1.45. The first kappa shape index (κ1) is 16.3. The molecule has 1 aromatic rings. The summed E-state index contributed by atoms with van der Waals surface area (Å²) in [6, 6.07) is 7.40. The molecule has 0 fully saturated rings. The summed E-state index contributed by atoms with van der Waals surface area (Å²) in [6.45, 7) is 1.03. The predicted octanol–water partition coefficient (Wildman–Crippen LogP) is 2.10. The van der Waals surface area contributed by atoms with Crippen molar-refractivity contribution in [3.05, 3.63) is 28.7 Å². The highest BCUT2D eigenvalue weighted by Gasteiger charge is 2.06. The molecule has 1 atom stereocenters. The van der Waals surface area contributed by atoms with E-state index in [1.54, 1.807) is 7.11 Å². The van der Waals surface area contributed by atoms with Crippen molar-refractivity contribution in [1.29, 1.82) is 0 Å². The Bertz CT molecular complexity index is 422. The standard InChI is InChI=1S/C13H18BrNO3S/c1-18-9-8-15-13(16)3-2-10-19(17)12-6-4-11(14)5-7-12/h4-7H,2-3,8-10H2,1H3,(H,15,16)/t19-/m1/s1. The second-order valence-corrected chi connectivity index (χ2v) is 6.44. The Morgan fingerprint density at radius 2 is 2.05 bits per heavy atom. The van der Waals surface area contributed by atoms with Crippen LogP contribution in [-0.2, 0) is 20.3 Å². The van der Waals surface area contributed by atoms with Crippen LogP contribution in [0, 0.1) is 0 Å². The van der Waals surface area contributed by atoms with E-state index in [4.69, 9.17) is 4.74 Å². The first-order valence-electron chi connectivity index (χ1n) is 6.03.